The highest BCUT2D eigenvalue weighted by atomic mass is 16.4. The Hall–Kier alpha value is -4.79. The van der Waals surface area contributed by atoms with E-state index in [9.17, 15) is 14.7 Å². The summed E-state index contributed by atoms with van der Waals surface area (Å²) in [5.74, 6) is 0.341. The molecule has 4 aromatic carbocycles. The normalized spacial score (nSPS) is 16.3. The number of nitrogen functional groups attached to an aromatic ring is 2. The molecule has 9 nitrogen and oxygen atoms in total. The molecule has 6 rings (SSSR count). The first-order valence-corrected chi connectivity index (χ1v) is 13.5. The number of nitrogens with two attached hydrogens (primary N) is 2. The van der Waals surface area contributed by atoms with Crippen molar-refractivity contribution < 1.29 is 14.7 Å². The molecule has 0 spiro atoms. The van der Waals surface area contributed by atoms with Gasteiger partial charge in [-0.25, -0.2) is 9.78 Å². The van der Waals surface area contributed by atoms with Gasteiger partial charge in [0.25, 0.3) is 0 Å². The summed E-state index contributed by atoms with van der Waals surface area (Å²) in [7, 11) is 0. The molecule has 7 N–H and O–H groups in total. The van der Waals surface area contributed by atoms with Gasteiger partial charge in [-0.05, 0) is 64.9 Å². The van der Waals surface area contributed by atoms with E-state index in [1.165, 1.54) is 0 Å². The van der Waals surface area contributed by atoms with E-state index < -0.39 is 12.1 Å². The number of fused-ring (bicyclic) bond motifs is 4. The van der Waals surface area contributed by atoms with Crippen LogP contribution in [0.1, 0.15) is 38.6 Å². The van der Waals surface area contributed by atoms with Gasteiger partial charge in [0.1, 0.15) is 11.9 Å². The van der Waals surface area contributed by atoms with Crippen molar-refractivity contribution in [2.24, 2.45) is 5.92 Å². The summed E-state index contributed by atoms with van der Waals surface area (Å²) in [6.07, 6.45) is 0.401. The number of nitrogens with one attached hydrogen (secondary N) is 2. The largest absolute Gasteiger partial charge is 0.465 e. The Labute approximate surface area is 231 Å². The molecule has 204 valence electrons. The average molecular weight is 537 g/mol. The highest BCUT2D eigenvalue weighted by Crippen LogP contribution is 2.36. The number of anilines is 2. The molecule has 2 amide bonds. The van der Waals surface area contributed by atoms with Crippen LogP contribution in [-0.4, -0.2) is 44.6 Å². The van der Waals surface area contributed by atoms with E-state index in [1.807, 2.05) is 38.1 Å². The molecular formula is C31H32N6O3. The van der Waals surface area contributed by atoms with Crippen LogP contribution in [0.2, 0.25) is 0 Å². The Kier molecular flexibility index (Phi) is 6.21. The number of nitrogens with zero attached hydrogens (tertiary/aromatic N) is 2. The Morgan fingerprint density at radius 1 is 1.00 bits per heavy atom. The van der Waals surface area contributed by atoms with Gasteiger partial charge in [0.05, 0.1) is 28.5 Å². The Morgan fingerprint density at radius 2 is 1.68 bits per heavy atom. The summed E-state index contributed by atoms with van der Waals surface area (Å²) in [6, 6.07) is 19.4. The summed E-state index contributed by atoms with van der Waals surface area (Å²) < 4.78 is 0. The fourth-order valence-electron chi connectivity index (χ4n) is 5.85. The zero-order valence-electron chi connectivity index (χ0n) is 22.4. The fourth-order valence-corrected chi connectivity index (χ4v) is 5.85. The molecule has 0 unspecified atom stereocenters. The van der Waals surface area contributed by atoms with E-state index in [4.69, 9.17) is 16.5 Å². The lowest BCUT2D eigenvalue weighted by atomic mass is 9.97. The van der Waals surface area contributed by atoms with Crippen molar-refractivity contribution in [3.8, 4) is 11.1 Å². The first-order valence-electron chi connectivity index (χ1n) is 13.5. The van der Waals surface area contributed by atoms with Crippen LogP contribution >= 0.6 is 0 Å². The number of hydrogen-bond acceptors (Lipinski definition) is 5. The van der Waals surface area contributed by atoms with Gasteiger partial charge >= 0.3 is 6.09 Å². The highest BCUT2D eigenvalue weighted by Gasteiger charge is 2.37. The lowest BCUT2D eigenvalue weighted by molar-refractivity contribution is -0.135. The van der Waals surface area contributed by atoms with Crippen molar-refractivity contribution in [2.75, 3.05) is 18.0 Å². The number of benzene rings is 4. The van der Waals surface area contributed by atoms with Gasteiger partial charge in [-0.15, -0.1) is 0 Å². The second-order valence-corrected chi connectivity index (χ2v) is 10.9. The molecule has 0 saturated carbocycles. The number of rotatable bonds is 5. The van der Waals surface area contributed by atoms with Crippen LogP contribution in [0.5, 0.6) is 0 Å². The Balaban J connectivity index is 1.34. The van der Waals surface area contributed by atoms with Crippen molar-refractivity contribution >= 4 is 56.0 Å². The van der Waals surface area contributed by atoms with Gasteiger partial charge < -0.3 is 31.8 Å². The number of aromatic amines is 1. The molecule has 2 heterocycles. The average Bonchev–Trinajstić information content (AvgIpc) is 3.60. The van der Waals surface area contributed by atoms with Gasteiger partial charge in [-0.2, -0.15) is 0 Å². The number of carbonyl (C=O) groups excluding carboxylic acids is 1. The molecule has 5 aromatic rings. The summed E-state index contributed by atoms with van der Waals surface area (Å²) in [4.78, 5) is 34.9. The predicted octanol–water partition coefficient (Wildman–Crippen LogP) is 5.66. The van der Waals surface area contributed by atoms with E-state index >= 15 is 0 Å². The minimum absolute atomic E-state index is 0.170. The molecular weight excluding hydrogens is 504 g/mol. The summed E-state index contributed by atoms with van der Waals surface area (Å²) in [5.41, 5.74) is 17.2. The lowest BCUT2D eigenvalue weighted by Crippen LogP contribution is -2.50. The highest BCUT2D eigenvalue weighted by molar-refractivity contribution is 6.06. The van der Waals surface area contributed by atoms with Crippen LogP contribution in [0.4, 0.5) is 16.2 Å². The molecule has 1 fully saturated rings. The molecule has 1 aromatic heterocycles. The Bertz CT molecular complexity index is 1790. The van der Waals surface area contributed by atoms with E-state index in [1.54, 1.807) is 4.90 Å². The molecule has 40 heavy (non-hydrogen) atoms. The third kappa shape index (κ3) is 4.33. The van der Waals surface area contributed by atoms with Crippen LogP contribution in [0.3, 0.4) is 0 Å². The smallest absolute Gasteiger partial charge is 0.405 e. The number of imidazole rings is 1. The fraction of sp³-hybridized carbons (Fsp3) is 0.258. The maximum absolute atomic E-state index is 13.4. The zero-order chi connectivity index (χ0) is 28.1. The maximum Gasteiger partial charge on any atom is 0.405 e. The molecule has 0 aliphatic carbocycles. The van der Waals surface area contributed by atoms with E-state index in [2.05, 4.69) is 46.7 Å². The van der Waals surface area contributed by atoms with E-state index in [0.29, 0.717) is 17.9 Å². The molecule has 0 bridgehead atoms. The minimum Gasteiger partial charge on any atom is -0.465 e. The SMILES string of the molecule is CC(C)[C@H](NC(=O)O)C(=O)N1CCC[C@H]1c1nc2c(ccc3cc(-c4ccc5c(N)c(N)ccc5c4)ccc32)[nH]1. The van der Waals surface area contributed by atoms with Crippen molar-refractivity contribution in [3.05, 3.63) is 66.5 Å². The first kappa shape index (κ1) is 25.5. The van der Waals surface area contributed by atoms with Crippen LogP contribution in [0.15, 0.2) is 60.7 Å². The molecule has 0 radical (unpaired) electrons. The number of likely N-dealkylation sites (tertiary alicyclic amines) is 1. The van der Waals surface area contributed by atoms with Crippen LogP contribution < -0.4 is 16.8 Å². The number of hydrogen-bond donors (Lipinski definition) is 5. The molecule has 1 aliphatic rings. The van der Waals surface area contributed by atoms with Gasteiger partial charge in [0, 0.05) is 17.3 Å². The Morgan fingerprint density at radius 3 is 2.38 bits per heavy atom. The molecule has 1 saturated heterocycles. The zero-order valence-corrected chi connectivity index (χ0v) is 22.4. The first-order chi connectivity index (χ1) is 19.2. The number of carbonyl (C=O) groups is 2. The van der Waals surface area contributed by atoms with Gasteiger partial charge in [0.2, 0.25) is 5.91 Å². The van der Waals surface area contributed by atoms with Crippen molar-refractivity contribution in [2.45, 2.75) is 38.8 Å². The van der Waals surface area contributed by atoms with Gasteiger partial charge in [-0.3, -0.25) is 4.79 Å². The quantitative estimate of drug-likeness (QED) is 0.183. The van der Waals surface area contributed by atoms with E-state index in [-0.39, 0.29) is 17.9 Å². The van der Waals surface area contributed by atoms with Crippen molar-refractivity contribution in [1.82, 2.24) is 20.2 Å². The lowest BCUT2D eigenvalue weighted by Gasteiger charge is -2.29. The maximum atomic E-state index is 13.4. The summed E-state index contributed by atoms with van der Waals surface area (Å²) >= 11 is 0. The van der Waals surface area contributed by atoms with Crippen LogP contribution in [-0.2, 0) is 4.79 Å². The second kappa shape index (κ2) is 9.75. The number of aromatic nitrogens is 2. The third-order valence-electron chi connectivity index (χ3n) is 7.98. The van der Waals surface area contributed by atoms with Gasteiger partial charge in [0.15, 0.2) is 0 Å². The summed E-state index contributed by atoms with van der Waals surface area (Å²) in [6.45, 7) is 4.25. The number of H-pyrrole nitrogens is 1. The summed E-state index contributed by atoms with van der Waals surface area (Å²) in [5, 5.41) is 15.7. The molecule has 1 aliphatic heterocycles. The number of amides is 2. The molecule has 9 heteroatoms. The topological polar surface area (TPSA) is 150 Å². The van der Waals surface area contributed by atoms with Crippen LogP contribution in [0, 0.1) is 5.92 Å². The molecule has 2 atom stereocenters. The van der Waals surface area contributed by atoms with Crippen molar-refractivity contribution in [1.29, 1.82) is 0 Å². The number of carboxylic acid groups (broad SMARTS) is 1. The monoisotopic (exact) mass is 536 g/mol. The van der Waals surface area contributed by atoms with Crippen molar-refractivity contribution in [3.63, 3.8) is 0 Å². The standard InChI is InChI=1S/C31H32N6O3/c1-16(2)27(36-31(39)40)30(38)37-13-3-4-25(37)29-34-24-12-8-20-15-18(6-10-22(20)28(24)35-29)17-5-9-21-19(14-17)7-11-23(32)26(21)33/h5-12,14-16,25,27,36H,3-4,13,32-33H2,1-2H3,(H,34,35)(H,39,40)/t25-,27-/m0/s1. The minimum atomic E-state index is -1.20. The van der Waals surface area contributed by atoms with Crippen LogP contribution in [0.25, 0.3) is 43.7 Å². The third-order valence-corrected chi connectivity index (χ3v) is 7.98. The predicted molar refractivity (Wildman–Crippen MR) is 159 cm³/mol. The van der Waals surface area contributed by atoms with E-state index in [0.717, 1.165) is 62.4 Å². The second-order valence-electron chi connectivity index (χ2n) is 10.9. The van der Waals surface area contributed by atoms with Gasteiger partial charge in [-0.1, -0.05) is 50.2 Å².